The highest BCUT2D eigenvalue weighted by Gasteiger charge is 2.18. The maximum absolute atomic E-state index is 11.1. The molecule has 0 spiro atoms. The predicted molar refractivity (Wildman–Crippen MR) is 56.4 cm³/mol. The number of aryl methyl sites for hydroxylation is 2. The van der Waals surface area contributed by atoms with Crippen molar-refractivity contribution in [1.82, 2.24) is 4.98 Å². The molecule has 1 aromatic heterocycles. The third-order valence-corrected chi connectivity index (χ3v) is 2.54. The number of benzene rings is 1. The first-order valence-electron chi connectivity index (χ1n) is 4.56. The van der Waals surface area contributed by atoms with Gasteiger partial charge >= 0.3 is 5.97 Å². The fraction of sp³-hybridized carbons (Fsp3) is 0.182. The Balaban J connectivity index is 2.98. The smallest absolute Gasteiger partial charge is 0.338 e. The van der Waals surface area contributed by atoms with E-state index >= 15 is 0 Å². The van der Waals surface area contributed by atoms with Crippen molar-refractivity contribution in [3.05, 3.63) is 29.0 Å². The van der Waals surface area contributed by atoms with Crippen LogP contribution in [0.2, 0.25) is 0 Å². The number of carbonyl (C=O) groups is 1. The van der Waals surface area contributed by atoms with Gasteiger partial charge < -0.3 is 15.2 Å². The van der Waals surface area contributed by atoms with Crippen LogP contribution in [0, 0.1) is 13.8 Å². The molecule has 0 saturated heterocycles. The lowest BCUT2D eigenvalue weighted by Crippen LogP contribution is -1.97. The van der Waals surface area contributed by atoms with Crippen molar-refractivity contribution >= 4 is 16.9 Å². The van der Waals surface area contributed by atoms with E-state index in [0.717, 1.165) is 5.56 Å². The lowest BCUT2D eigenvalue weighted by Gasteiger charge is -1.99. The molecule has 0 bridgehead atoms. The van der Waals surface area contributed by atoms with Crippen molar-refractivity contribution in [2.75, 3.05) is 0 Å². The van der Waals surface area contributed by atoms with E-state index < -0.39 is 5.97 Å². The van der Waals surface area contributed by atoms with Crippen molar-refractivity contribution < 1.29 is 15.0 Å². The topological polar surface area (TPSA) is 73.3 Å². The van der Waals surface area contributed by atoms with Crippen molar-refractivity contribution in [2.24, 2.45) is 0 Å². The van der Waals surface area contributed by atoms with Crippen LogP contribution in [0.25, 0.3) is 10.9 Å². The summed E-state index contributed by atoms with van der Waals surface area (Å²) in [6.07, 6.45) is 0. The lowest BCUT2D eigenvalue weighted by atomic mass is 10.1. The molecule has 1 aromatic carbocycles. The Hall–Kier alpha value is -1.97. The molecule has 2 rings (SSSR count). The number of nitrogens with one attached hydrogen (secondary N) is 1. The van der Waals surface area contributed by atoms with E-state index in [-0.39, 0.29) is 11.3 Å². The summed E-state index contributed by atoms with van der Waals surface area (Å²) in [5.74, 6) is -0.904. The van der Waals surface area contributed by atoms with Gasteiger partial charge in [-0.1, -0.05) is 6.07 Å². The molecule has 78 valence electrons. The second-order valence-corrected chi connectivity index (χ2v) is 3.58. The van der Waals surface area contributed by atoms with Gasteiger partial charge in [-0.2, -0.15) is 0 Å². The highest BCUT2D eigenvalue weighted by atomic mass is 16.4. The van der Waals surface area contributed by atoms with Crippen LogP contribution in [-0.4, -0.2) is 21.2 Å². The predicted octanol–water partition coefficient (Wildman–Crippen LogP) is 2.19. The van der Waals surface area contributed by atoms with Crippen LogP contribution in [0.1, 0.15) is 21.6 Å². The van der Waals surface area contributed by atoms with Gasteiger partial charge in [0.1, 0.15) is 5.75 Å². The van der Waals surface area contributed by atoms with Gasteiger partial charge in [-0.05, 0) is 25.5 Å². The Morgan fingerprint density at radius 2 is 2.00 bits per heavy atom. The minimum atomic E-state index is -0.979. The largest absolute Gasteiger partial charge is 0.506 e. The van der Waals surface area contributed by atoms with E-state index in [0.29, 0.717) is 16.6 Å². The van der Waals surface area contributed by atoms with E-state index in [9.17, 15) is 9.90 Å². The number of aromatic hydroxyl groups is 1. The third-order valence-electron chi connectivity index (χ3n) is 2.54. The van der Waals surface area contributed by atoms with Crippen molar-refractivity contribution in [3.63, 3.8) is 0 Å². The molecule has 0 amide bonds. The second-order valence-electron chi connectivity index (χ2n) is 3.58. The van der Waals surface area contributed by atoms with Crippen LogP contribution < -0.4 is 0 Å². The summed E-state index contributed by atoms with van der Waals surface area (Å²) in [5, 5.41) is 19.2. The van der Waals surface area contributed by atoms with Gasteiger partial charge in [0.25, 0.3) is 0 Å². The number of rotatable bonds is 1. The van der Waals surface area contributed by atoms with Gasteiger partial charge in [-0.15, -0.1) is 0 Å². The number of hydrogen-bond donors (Lipinski definition) is 3. The Kier molecular flexibility index (Phi) is 1.93. The molecule has 0 saturated carbocycles. The molecule has 0 aliphatic rings. The number of fused-ring (bicyclic) bond motifs is 1. The number of aromatic carboxylic acids is 1. The second kappa shape index (κ2) is 3.02. The van der Waals surface area contributed by atoms with E-state index in [1.165, 1.54) is 0 Å². The van der Waals surface area contributed by atoms with Crippen LogP contribution in [0.5, 0.6) is 5.75 Å². The summed E-state index contributed by atoms with van der Waals surface area (Å²) in [7, 11) is 0. The van der Waals surface area contributed by atoms with E-state index in [2.05, 4.69) is 4.98 Å². The highest BCUT2D eigenvalue weighted by Crippen LogP contribution is 2.31. The van der Waals surface area contributed by atoms with E-state index in [4.69, 9.17) is 5.11 Å². The zero-order chi connectivity index (χ0) is 11.2. The Labute approximate surface area is 86.2 Å². The first-order chi connectivity index (χ1) is 7.02. The zero-order valence-electron chi connectivity index (χ0n) is 8.46. The number of carboxylic acids is 1. The zero-order valence-corrected chi connectivity index (χ0v) is 8.46. The number of hydrogen-bond acceptors (Lipinski definition) is 2. The summed E-state index contributed by atoms with van der Waals surface area (Å²) < 4.78 is 0. The molecule has 0 aliphatic heterocycles. The minimum absolute atomic E-state index is 0.0752. The monoisotopic (exact) mass is 205 g/mol. The molecule has 4 nitrogen and oxygen atoms in total. The Morgan fingerprint density at radius 1 is 1.33 bits per heavy atom. The fourth-order valence-corrected chi connectivity index (χ4v) is 1.85. The van der Waals surface area contributed by atoms with Gasteiger partial charge in [0, 0.05) is 11.1 Å². The van der Waals surface area contributed by atoms with Gasteiger partial charge in [0.05, 0.1) is 11.1 Å². The van der Waals surface area contributed by atoms with Crippen LogP contribution in [-0.2, 0) is 0 Å². The summed E-state index contributed by atoms with van der Waals surface area (Å²) in [5.41, 5.74) is 2.12. The number of phenolic OH excluding ortho intramolecular Hbond substituents is 1. The van der Waals surface area contributed by atoms with Gasteiger partial charge in [-0.25, -0.2) is 4.79 Å². The normalized spacial score (nSPS) is 10.8. The first kappa shape index (κ1) is 9.58. The van der Waals surface area contributed by atoms with Crippen LogP contribution >= 0.6 is 0 Å². The number of H-pyrrole nitrogens is 1. The van der Waals surface area contributed by atoms with Gasteiger partial charge in [0.15, 0.2) is 0 Å². The van der Waals surface area contributed by atoms with Crippen molar-refractivity contribution in [3.8, 4) is 5.75 Å². The average Bonchev–Trinajstić information content (AvgIpc) is 2.50. The summed E-state index contributed by atoms with van der Waals surface area (Å²) in [4.78, 5) is 13.9. The molecule has 1 heterocycles. The minimum Gasteiger partial charge on any atom is -0.506 e. The molecule has 2 aromatic rings. The molecular formula is C11H11NO3. The standard InChI is InChI=1S/C11H11NO3/c1-5-3-4-7(13)10-8(5)9(11(14)15)6(2)12-10/h3-4,12-13H,1-2H3,(H,14,15). The highest BCUT2D eigenvalue weighted by molar-refractivity contribution is 6.07. The SMILES string of the molecule is Cc1[nH]c2c(O)ccc(C)c2c1C(=O)O. The van der Waals surface area contributed by atoms with Crippen LogP contribution in [0.3, 0.4) is 0 Å². The fourth-order valence-electron chi connectivity index (χ4n) is 1.85. The van der Waals surface area contributed by atoms with Crippen LogP contribution in [0.4, 0.5) is 0 Å². The maximum Gasteiger partial charge on any atom is 0.338 e. The van der Waals surface area contributed by atoms with E-state index in [1.54, 1.807) is 19.1 Å². The van der Waals surface area contributed by atoms with Crippen molar-refractivity contribution in [2.45, 2.75) is 13.8 Å². The van der Waals surface area contributed by atoms with Crippen LogP contribution in [0.15, 0.2) is 12.1 Å². The molecule has 4 heteroatoms. The summed E-state index contributed by atoms with van der Waals surface area (Å²) in [6, 6.07) is 3.26. The Bertz CT molecular complexity index is 554. The average molecular weight is 205 g/mol. The number of carboxylic acid groups (broad SMARTS) is 1. The first-order valence-corrected chi connectivity index (χ1v) is 4.56. The molecular weight excluding hydrogens is 194 g/mol. The van der Waals surface area contributed by atoms with Gasteiger partial charge in [-0.3, -0.25) is 0 Å². The quantitative estimate of drug-likeness (QED) is 0.668. The number of phenols is 1. The number of aromatic nitrogens is 1. The molecule has 0 fully saturated rings. The summed E-state index contributed by atoms with van der Waals surface area (Å²) in [6.45, 7) is 3.50. The van der Waals surface area contributed by atoms with Gasteiger partial charge in [0.2, 0.25) is 0 Å². The lowest BCUT2D eigenvalue weighted by molar-refractivity contribution is 0.0698. The molecule has 3 N–H and O–H groups in total. The number of aromatic amines is 1. The molecule has 15 heavy (non-hydrogen) atoms. The molecule has 0 unspecified atom stereocenters. The van der Waals surface area contributed by atoms with Crippen molar-refractivity contribution in [1.29, 1.82) is 0 Å². The molecule has 0 atom stereocenters. The molecule has 0 radical (unpaired) electrons. The maximum atomic E-state index is 11.1. The third kappa shape index (κ3) is 1.26. The van der Waals surface area contributed by atoms with E-state index in [1.807, 2.05) is 6.92 Å². The summed E-state index contributed by atoms with van der Waals surface area (Å²) >= 11 is 0. The molecule has 0 aliphatic carbocycles. The Morgan fingerprint density at radius 3 is 2.60 bits per heavy atom.